The van der Waals surface area contributed by atoms with Gasteiger partial charge in [0.05, 0.1) is 0 Å². The predicted molar refractivity (Wildman–Crippen MR) is 69.9 cm³/mol. The van der Waals surface area contributed by atoms with Gasteiger partial charge in [-0.05, 0) is 24.6 Å². The summed E-state index contributed by atoms with van der Waals surface area (Å²) in [5.74, 6) is -0.101. The molecule has 0 spiro atoms. The molecule has 2 heterocycles. The van der Waals surface area contributed by atoms with Gasteiger partial charge in [0.25, 0.3) is 0 Å². The van der Waals surface area contributed by atoms with E-state index in [1.54, 1.807) is 11.0 Å². The third kappa shape index (κ3) is 2.03. The van der Waals surface area contributed by atoms with E-state index in [2.05, 4.69) is 10.2 Å². The van der Waals surface area contributed by atoms with Gasteiger partial charge in [-0.2, -0.15) is 5.10 Å². The minimum atomic E-state index is -0.435. The fourth-order valence-electron chi connectivity index (χ4n) is 2.42. The smallest absolute Gasteiger partial charge is 0.227 e. The van der Waals surface area contributed by atoms with Crippen molar-refractivity contribution in [1.82, 2.24) is 10.2 Å². The molecule has 1 fully saturated rings. The van der Waals surface area contributed by atoms with Gasteiger partial charge in [-0.25, -0.2) is 0 Å². The zero-order valence-corrected chi connectivity index (χ0v) is 10.2. The lowest BCUT2D eigenvalue weighted by Crippen LogP contribution is -2.38. The van der Waals surface area contributed by atoms with E-state index >= 15 is 0 Å². The third-order valence-electron chi connectivity index (χ3n) is 3.32. The van der Waals surface area contributed by atoms with Gasteiger partial charge in [0, 0.05) is 18.3 Å². The van der Waals surface area contributed by atoms with E-state index in [-0.39, 0.29) is 11.7 Å². The Labute approximate surface area is 110 Å². The number of aromatic nitrogens is 2. The summed E-state index contributed by atoms with van der Waals surface area (Å²) in [7, 11) is 0. The Morgan fingerprint density at radius 1 is 1.26 bits per heavy atom. The fraction of sp³-hybridized carbons (Fsp3) is 0.214. The molecule has 3 rings (SSSR count). The van der Waals surface area contributed by atoms with Crippen molar-refractivity contribution in [1.29, 1.82) is 0 Å². The number of rotatable bonds is 3. The average molecular weight is 255 g/mol. The van der Waals surface area contributed by atoms with Gasteiger partial charge in [-0.15, -0.1) is 0 Å². The van der Waals surface area contributed by atoms with Crippen LogP contribution in [0, 0.1) is 0 Å². The average Bonchev–Trinajstić information content (AvgIpc) is 3.08. The van der Waals surface area contributed by atoms with Crippen molar-refractivity contribution in [3.05, 3.63) is 48.3 Å². The third-order valence-corrected chi connectivity index (χ3v) is 3.32. The Bertz CT molecular complexity index is 592. The zero-order valence-electron chi connectivity index (χ0n) is 10.2. The van der Waals surface area contributed by atoms with Crippen LogP contribution in [0.1, 0.15) is 23.3 Å². The summed E-state index contributed by atoms with van der Waals surface area (Å²) in [6, 6.07) is 10.5. The minimum absolute atomic E-state index is 0.0101. The number of nitrogens with zero attached hydrogens (tertiary/aromatic N) is 2. The highest BCUT2D eigenvalue weighted by Crippen LogP contribution is 2.28. The number of carbonyl (C=O) groups excluding carboxylic acids is 2. The molecule has 1 aromatic carbocycles. The number of benzene rings is 1. The van der Waals surface area contributed by atoms with Crippen molar-refractivity contribution in [3.63, 3.8) is 0 Å². The number of carbonyl (C=O) groups is 2. The molecule has 1 N–H and O–H groups in total. The quantitative estimate of drug-likeness (QED) is 0.850. The largest absolute Gasteiger partial charge is 0.301 e. The van der Waals surface area contributed by atoms with Crippen LogP contribution < -0.4 is 4.90 Å². The van der Waals surface area contributed by atoms with E-state index in [9.17, 15) is 9.59 Å². The van der Waals surface area contributed by atoms with Crippen LogP contribution in [0.4, 0.5) is 5.69 Å². The van der Waals surface area contributed by atoms with Gasteiger partial charge in [0.1, 0.15) is 11.7 Å². The summed E-state index contributed by atoms with van der Waals surface area (Å²) in [5, 5.41) is 6.45. The number of hydrogen-bond donors (Lipinski definition) is 1. The van der Waals surface area contributed by atoms with E-state index in [1.165, 1.54) is 6.20 Å². The minimum Gasteiger partial charge on any atom is -0.301 e. The highest BCUT2D eigenvalue weighted by Gasteiger charge is 2.37. The maximum atomic E-state index is 12.4. The molecule has 0 saturated carbocycles. The first-order chi connectivity index (χ1) is 9.27. The van der Waals surface area contributed by atoms with Crippen LogP contribution in [-0.4, -0.2) is 27.9 Å². The summed E-state index contributed by atoms with van der Waals surface area (Å²) in [4.78, 5) is 26.0. The standard InChI is InChI=1S/C14H13N3O2/c18-13-7-6-12(14(19)11-8-9-15-16-11)17(13)10-4-2-1-3-5-10/h1-5,8-9,12H,6-7H2,(H,15,16). The summed E-state index contributed by atoms with van der Waals surface area (Å²) in [6.07, 6.45) is 2.49. The predicted octanol–water partition coefficient (Wildman–Crippen LogP) is 1.79. The molecule has 1 unspecified atom stereocenters. The number of aromatic amines is 1. The first-order valence-electron chi connectivity index (χ1n) is 6.18. The van der Waals surface area contributed by atoms with Crippen molar-refractivity contribution in [2.75, 3.05) is 4.90 Å². The molecule has 1 aliphatic rings. The van der Waals surface area contributed by atoms with Gasteiger partial charge >= 0.3 is 0 Å². The normalized spacial score (nSPS) is 18.8. The van der Waals surface area contributed by atoms with Gasteiger partial charge in [0.15, 0.2) is 0 Å². The number of H-pyrrole nitrogens is 1. The van der Waals surface area contributed by atoms with Gasteiger partial charge in [-0.3, -0.25) is 14.7 Å². The Hall–Kier alpha value is -2.43. The molecule has 1 atom stereocenters. The highest BCUT2D eigenvalue weighted by atomic mass is 16.2. The molecule has 19 heavy (non-hydrogen) atoms. The maximum absolute atomic E-state index is 12.4. The molecule has 2 aromatic rings. The van der Waals surface area contributed by atoms with E-state index < -0.39 is 6.04 Å². The summed E-state index contributed by atoms with van der Waals surface area (Å²) >= 11 is 0. The Balaban J connectivity index is 1.93. The summed E-state index contributed by atoms with van der Waals surface area (Å²) in [5.41, 5.74) is 1.21. The van der Waals surface area contributed by atoms with Crippen LogP contribution in [0.5, 0.6) is 0 Å². The van der Waals surface area contributed by atoms with Crippen LogP contribution in [-0.2, 0) is 4.79 Å². The van der Waals surface area contributed by atoms with Crippen molar-refractivity contribution in [2.45, 2.75) is 18.9 Å². The number of Topliss-reactive ketones (excluding diaryl/α,β-unsaturated/α-hetero) is 1. The molecular formula is C14H13N3O2. The second-order valence-corrected chi connectivity index (χ2v) is 4.49. The highest BCUT2D eigenvalue weighted by molar-refractivity contribution is 6.09. The van der Waals surface area contributed by atoms with Gasteiger partial charge < -0.3 is 4.90 Å². The van der Waals surface area contributed by atoms with E-state index in [0.717, 1.165) is 5.69 Å². The van der Waals surface area contributed by atoms with Crippen LogP contribution in [0.25, 0.3) is 0 Å². The monoisotopic (exact) mass is 255 g/mol. The molecule has 1 aromatic heterocycles. The number of ketones is 1. The van der Waals surface area contributed by atoms with Crippen LogP contribution in [0.2, 0.25) is 0 Å². The molecule has 1 saturated heterocycles. The van der Waals surface area contributed by atoms with E-state index in [1.807, 2.05) is 30.3 Å². The van der Waals surface area contributed by atoms with E-state index in [0.29, 0.717) is 18.5 Å². The summed E-state index contributed by atoms with van der Waals surface area (Å²) < 4.78 is 0. The van der Waals surface area contributed by atoms with Crippen LogP contribution >= 0.6 is 0 Å². The lowest BCUT2D eigenvalue weighted by molar-refractivity contribution is -0.117. The Morgan fingerprint density at radius 2 is 2.05 bits per heavy atom. The molecule has 0 radical (unpaired) electrons. The first kappa shape index (κ1) is 11.6. The van der Waals surface area contributed by atoms with Crippen molar-refractivity contribution in [3.8, 4) is 0 Å². The van der Waals surface area contributed by atoms with Crippen LogP contribution in [0.15, 0.2) is 42.6 Å². The van der Waals surface area contributed by atoms with Crippen molar-refractivity contribution >= 4 is 17.4 Å². The summed E-state index contributed by atoms with van der Waals surface area (Å²) in [6.45, 7) is 0. The topological polar surface area (TPSA) is 66.1 Å². The molecule has 1 amide bonds. The van der Waals surface area contributed by atoms with E-state index in [4.69, 9.17) is 0 Å². The molecule has 5 nitrogen and oxygen atoms in total. The lowest BCUT2D eigenvalue weighted by Gasteiger charge is -2.23. The zero-order chi connectivity index (χ0) is 13.2. The molecule has 96 valence electrons. The van der Waals surface area contributed by atoms with Crippen LogP contribution in [0.3, 0.4) is 0 Å². The first-order valence-corrected chi connectivity index (χ1v) is 6.18. The Morgan fingerprint density at radius 3 is 2.74 bits per heavy atom. The SMILES string of the molecule is O=C(c1ccn[nH]1)C1CCC(=O)N1c1ccccc1. The number of nitrogens with one attached hydrogen (secondary N) is 1. The van der Waals surface area contributed by atoms with Gasteiger partial charge in [0.2, 0.25) is 11.7 Å². The molecule has 5 heteroatoms. The number of para-hydroxylation sites is 1. The second kappa shape index (κ2) is 4.68. The molecule has 1 aliphatic heterocycles. The fourth-order valence-corrected chi connectivity index (χ4v) is 2.42. The van der Waals surface area contributed by atoms with Crippen molar-refractivity contribution in [2.24, 2.45) is 0 Å². The number of amides is 1. The Kier molecular flexibility index (Phi) is 2.87. The van der Waals surface area contributed by atoms with Gasteiger partial charge in [-0.1, -0.05) is 18.2 Å². The number of hydrogen-bond acceptors (Lipinski definition) is 3. The second-order valence-electron chi connectivity index (χ2n) is 4.49. The molecule has 0 aliphatic carbocycles. The molecule has 0 bridgehead atoms. The maximum Gasteiger partial charge on any atom is 0.227 e. The lowest BCUT2D eigenvalue weighted by atomic mass is 10.1. The molecular weight excluding hydrogens is 242 g/mol. The van der Waals surface area contributed by atoms with Crippen molar-refractivity contribution < 1.29 is 9.59 Å². The number of anilines is 1.